The first-order valence-electron chi connectivity index (χ1n) is 9.21. The van der Waals surface area contributed by atoms with Crippen LogP contribution in [-0.4, -0.2) is 54.7 Å². The number of amides is 1. The van der Waals surface area contributed by atoms with Crippen molar-refractivity contribution < 1.29 is 13.2 Å². The highest BCUT2D eigenvalue weighted by molar-refractivity contribution is 7.89. The largest absolute Gasteiger partial charge is 0.340 e. The summed E-state index contributed by atoms with van der Waals surface area (Å²) in [6.07, 6.45) is 1.99. The van der Waals surface area contributed by atoms with Gasteiger partial charge in [-0.1, -0.05) is 42.5 Å². The number of aromatic nitrogens is 1. The van der Waals surface area contributed by atoms with Crippen molar-refractivity contribution in [1.82, 2.24) is 14.2 Å². The lowest BCUT2D eigenvalue weighted by Crippen LogP contribution is -2.50. The molecule has 4 rings (SSSR count). The van der Waals surface area contributed by atoms with Crippen LogP contribution in [0.1, 0.15) is 5.56 Å². The molecular formula is C21H21N3O3S. The molecule has 0 aliphatic carbocycles. The van der Waals surface area contributed by atoms with Crippen LogP contribution in [0.4, 0.5) is 0 Å². The second kappa shape index (κ2) is 7.69. The minimum atomic E-state index is -3.51. The van der Waals surface area contributed by atoms with Crippen LogP contribution in [0.15, 0.2) is 71.8 Å². The van der Waals surface area contributed by atoms with Gasteiger partial charge in [-0.2, -0.15) is 4.31 Å². The van der Waals surface area contributed by atoms with Crippen molar-refractivity contribution in [2.45, 2.75) is 11.3 Å². The zero-order valence-corrected chi connectivity index (χ0v) is 16.2. The molecule has 0 spiro atoms. The number of carbonyl (C=O) groups is 1. The number of nitrogens with zero attached hydrogens (tertiary/aromatic N) is 3. The summed E-state index contributed by atoms with van der Waals surface area (Å²) in [5.74, 6) is -0.00471. The van der Waals surface area contributed by atoms with Gasteiger partial charge in [0.2, 0.25) is 15.9 Å². The second-order valence-corrected chi connectivity index (χ2v) is 8.70. The van der Waals surface area contributed by atoms with Gasteiger partial charge in [0.05, 0.1) is 16.8 Å². The quantitative estimate of drug-likeness (QED) is 0.680. The minimum Gasteiger partial charge on any atom is -0.340 e. The molecular weight excluding hydrogens is 374 g/mol. The molecule has 1 aromatic heterocycles. The molecule has 0 radical (unpaired) electrons. The standard InChI is InChI=1S/C21H21N3O3S/c25-20(16-18-7-4-6-17-8-5-11-22-21(17)18)23-12-14-24(15-13-23)28(26,27)19-9-2-1-3-10-19/h1-11H,12-16H2. The Kier molecular flexibility index (Phi) is 5.11. The van der Waals surface area contributed by atoms with Crippen molar-refractivity contribution in [2.75, 3.05) is 26.2 Å². The van der Waals surface area contributed by atoms with E-state index in [0.717, 1.165) is 16.5 Å². The molecule has 2 aromatic carbocycles. The lowest BCUT2D eigenvalue weighted by atomic mass is 10.1. The van der Waals surface area contributed by atoms with Gasteiger partial charge in [0.1, 0.15) is 0 Å². The molecule has 7 heteroatoms. The third kappa shape index (κ3) is 3.63. The van der Waals surface area contributed by atoms with Gasteiger partial charge in [-0.15, -0.1) is 0 Å². The summed E-state index contributed by atoms with van der Waals surface area (Å²) in [5, 5.41) is 1.01. The Balaban J connectivity index is 1.43. The Bertz CT molecular complexity index is 1090. The molecule has 0 atom stereocenters. The van der Waals surface area contributed by atoms with Crippen LogP contribution in [0.2, 0.25) is 0 Å². The van der Waals surface area contributed by atoms with E-state index in [9.17, 15) is 13.2 Å². The van der Waals surface area contributed by atoms with Gasteiger partial charge in [0.15, 0.2) is 0 Å². The number of pyridine rings is 1. The Morgan fingerprint density at radius 2 is 1.61 bits per heavy atom. The third-order valence-electron chi connectivity index (χ3n) is 5.03. The van der Waals surface area contributed by atoms with Gasteiger partial charge >= 0.3 is 0 Å². The maximum Gasteiger partial charge on any atom is 0.243 e. The summed E-state index contributed by atoms with van der Waals surface area (Å²) in [6.45, 7) is 1.39. The molecule has 144 valence electrons. The number of hydrogen-bond acceptors (Lipinski definition) is 4. The Hall–Kier alpha value is -2.77. The molecule has 28 heavy (non-hydrogen) atoms. The van der Waals surface area contributed by atoms with Gasteiger partial charge in [-0.05, 0) is 23.8 Å². The van der Waals surface area contributed by atoms with Crippen LogP contribution >= 0.6 is 0 Å². The summed E-state index contributed by atoms with van der Waals surface area (Å²) < 4.78 is 26.9. The van der Waals surface area contributed by atoms with Crippen molar-refractivity contribution in [1.29, 1.82) is 0 Å². The Labute approximate surface area is 164 Å². The van der Waals surface area contributed by atoms with Gasteiger partial charge in [-0.25, -0.2) is 8.42 Å². The second-order valence-electron chi connectivity index (χ2n) is 6.77. The molecule has 3 aromatic rings. The van der Waals surface area contributed by atoms with Gasteiger partial charge in [0.25, 0.3) is 0 Å². The third-order valence-corrected chi connectivity index (χ3v) is 6.94. The maximum absolute atomic E-state index is 12.8. The van der Waals surface area contributed by atoms with E-state index in [1.165, 1.54) is 4.31 Å². The molecule has 1 saturated heterocycles. The van der Waals surface area contributed by atoms with Crippen molar-refractivity contribution >= 4 is 26.8 Å². The zero-order valence-electron chi connectivity index (χ0n) is 15.4. The average molecular weight is 395 g/mol. The Morgan fingerprint density at radius 1 is 0.893 bits per heavy atom. The summed E-state index contributed by atoms with van der Waals surface area (Å²) >= 11 is 0. The molecule has 2 heterocycles. The monoisotopic (exact) mass is 395 g/mol. The van der Waals surface area contributed by atoms with E-state index in [0.29, 0.717) is 26.2 Å². The van der Waals surface area contributed by atoms with E-state index in [4.69, 9.17) is 0 Å². The minimum absolute atomic E-state index is 0.00471. The van der Waals surface area contributed by atoms with Gasteiger partial charge < -0.3 is 4.90 Å². The van der Waals surface area contributed by atoms with E-state index >= 15 is 0 Å². The number of piperazine rings is 1. The number of rotatable bonds is 4. The van der Waals surface area contributed by atoms with Crippen molar-refractivity contribution in [3.8, 4) is 0 Å². The van der Waals surface area contributed by atoms with Gasteiger partial charge in [-0.3, -0.25) is 9.78 Å². The van der Waals surface area contributed by atoms with Crippen LogP contribution in [0.5, 0.6) is 0 Å². The molecule has 1 fully saturated rings. The molecule has 0 bridgehead atoms. The fourth-order valence-corrected chi connectivity index (χ4v) is 4.95. The summed E-state index contributed by atoms with van der Waals surface area (Å²) in [4.78, 5) is 19.2. The first-order chi connectivity index (χ1) is 13.6. The smallest absolute Gasteiger partial charge is 0.243 e. The lowest BCUT2D eigenvalue weighted by Gasteiger charge is -2.34. The summed E-state index contributed by atoms with van der Waals surface area (Å²) in [7, 11) is -3.51. The van der Waals surface area contributed by atoms with E-state index in [2.05, 4.69) is 4.98 Å². The fraction of sp³-hybridized carbons (Fsp3) is 0.238. The summed E-state index contributed by atoms with van der Waals surface area (Å²) in [5.41, 5.74) is 1.73. The van der Waals surface area contributed by atoms with Crippen LogP contribution in [0.25, 0.3) is 10.9 Å². The maximum atomic E-state index is 12.8. The molecule has 1 aliphatic rings. The fourth-order valence-electron chi connectivity index (χ4n) is 3.50. The SMILES string of the molecule is O=C(Cc1cccc2cccnc12)N1CCN(S(=O)(=O)c2ccccc2)CC1. The summed E-state index contributed by atoms with van der Waals surface area (Å²) in [6, 6.07) is 18.1. The highest BCUT2D eigenvalue weighted by Crippen LogP contribution is 2.20. The normalized spacial score (nSPS) is 15.6. The van der Waals surface area contributed by atoms with Crippen LogP contribution < -0.4 is 0 Å². The highest BCUT2D eigenvalue weighted by Gasteiger charge is 2.30. The molecule has 1 aliphatic heterocycles. The number of benzene rings is 2. The van der Waals surface area contributed by atoms with Crippen LogP contribution in [-0.2, 0) is 21.2 Å². The molecule has 0 saturated carbocycles. The number of sulfonamides is 1. The van der Waals surface area contributed by atoms with E-state index in [1.54, 1.807) is 41.4 Å². The van der Waals surface area contributed by atoms with Crippen molar-refractivity contribution in [3.05, 3.63) is 72.4 Å². The Morgan fingerprint density at radius 3 is 2.36 bits per heavy atom. The molecule has 1 amide bonds. The lowest BCUT2D eigenvalue weighted by molar-refractivity contribution is -0.131. The first-order valence-corrected chi connectivity index (χ1v) is 10.7. The van der Waals surface area contributed by atoms with E-state index in [-0.39, 0.29) is 17.2 Å². The van der Waals surface area contributed by atoms with Gasteiger partial charge in [0, 0.05) is 37.8 Å². The van der Waals surface area contributed by atoms with Crippen LogP contribution in [0, 0.1) is 0 Å². The highest BCUT2D eigenvalue weighted by atomic mass is 32.2. The predicted molar refractivity (Wildman–Crippen MR) is 107 cm³/mol. The number of fused-ring (bicyclic) bond motifs is 1. The first kappa shape index (κ1) is 18.6. The topological polar surface area (TPSA) is 70.6 Å². The van der Waals surface area contributed by atoms with Crippen LogP contribution in [0.3, 0.4) is 0 Å². The van der Waals surface area contributed by atoms with Crippen molar-refractivity contribution in [3.63, 3.8) is 0 Å². The van der Waals surface area contributed by atoms with Crippen molar-refractivity contribution in [2.24, 2.45) is 0 Å². The molecule has 6 nitrogen and oxygen atoms in total. The zero-order chi connectivity index (χ0) is 19.6. The molecule has 0 N–H and O–H groups in total. The number of para-hydroxylation sites is 1. The average Bonchev–Trinajstić information content (AvgIpc) is 2.75. The predicted octanol–water partition coefficient (Wildman–Crippen LogP) is 2.31. The number of hydrogen-bond donors (Lipinski definition) is 0. The molecule has 0 unspecified atom stereocenters. The van der Waals surface area contributed by atoms with E-state index in [1.807, 2.05) is 30.3 Å². The van der Waals surface area contributed by atoms with E-state index < -0.39 is 10.0 Å². The number of carbonyl (C=O) groups excluding carboxylic acids is 1.